The van der Waals surface area contributed by atoms with Gasteiger partial charge in [-0.1, -0.05) is 0 Å². The van der Waals surface area contributed by atoms with Gasteiger partial charge in [0.05, 0.1) is 18.4 Å². The topological polar surface area (TPSA) is 84.7 Å². The minimum absolute atomic E-state index is 0.0395. The number of likely N-dealkylation sites (N-methyl/N-ethyl adjacent to an activating group) is 1. The Bertz CT molecular complexity index is 545. The lowest BCUT2D eigenvalue weighted by atomic mass is 9.98. The number of nitrogens with zero attached hydrogens (tertiary/aromatic N) is 1. The van der Waals surface area contributed by atoms with Crippen molar-refractivity contribution in [1.29, 1.82) is 0 Å². The first kappa shape index (κ1) is 15.2. The number of amides is 1. The van der Waals surface area contributed by atoms with Crippen molar-refractivity contribution in [3.05, 3.63) is 23.8 Å². The number of carbonyl (C=O) groups excluding carboxylic acids is 2. The van der Waals surface area contributed by atoms with E-state index in [1.165, 1.54) is 7.11 Å². The molecule has 1 aromatic rings. The molecule has 1 aromatic carbocycles. The number of nitrogens with two attached hydrogens (primary N) is 1. The van der Waals surface area contributed by atoms with Crippen molar-refractivity contribution >= 4 is 23.3 Å². The third-order valence-corrected chi connectivity index (χ3v) is 3.79. The molecule has 1 aliphatic heterocycles. The van der Waals surface area contributed by atoms with Gasteiger partial charge in [-0.2, -0.15) is 0 Å². The van der Waals surface area contributed by atoms with E-state index in [0.717, 1.165) is 25.8 Å². The number of methoxy groups -OCH3 is 1. The number of piperidine rings is 1. The van der Waals surface area contributed by atoms with E-state index in [2.05, 4.69) is 5.32 Å². The highest BCUT2D eigenvalue weighted by molar-refractivity contribution is 5.98. The van der Waals surface area contributed by atoms with E-state index in [1.54, 1.807) is 25.2 Å². The van der Waals surface area contributed by atoms with Crippen molar-refractivity contribution in [2.24, 2.45) is 0 Å². The van der Waals surface area contributed by atoms with Gasteiger partial charge in [0.1, 0.15) is 6.04 Å². The number of ether oxygens (including phenoxy) is 1. The number of nitrogens with one attached hydrogen (secondary N) is 1. The zero-order valence-corrected chi connectivity index (χ0v) is 12.4. The van der Waals surface area contributed by atoms with E-state index in [1.807, 2.05) is 4.90 Å². The normalized spacial score (nSPS) is 18.2. The van der Waals surface area contributed by atoms with Crippen LogP contribution in [0.4, 0.5) is 11.4 Å². The molecule has 2 rings (SSSR count). The highest BCUT2D eigenvalue weighted by Gasteiger charge is 2.30. The summed E-state index contributed by atoms with van der Waals surface area (Å²) in [6.07, 6.45) is 2.75. The van der Waals surface area contributed by atoms with Crippen molar-refractivity contribution in [2.45, 2.75) is 25.3 Å². The smallest absolute Gasteiger partial charge is 0.340 e. The molecule has 1 aliphatic rings. The number of hydrogen-bond acceptors (Lipinski definition) is 5. The molecule has 3 N–H and O–H groups in total. The van der Waals surface area contributed by atoms with Crippen LogP contribution in [0.25, 0.3) is 0 Å². The van der Waals surface area contributed by atoms with Crippen molar-refractivity contribution in [3.8, 4) is 0 Å². The molecule has 0 aromatic heterocycles. The molecule has 1 saturated heterocycles. The van der Waals surface area contributed by atoms with Gasteiger partial charge in [0.15, 0.2) is 0 Å². The van der Waals surface area contributed by atoms with Crippen LogP contribution in [0, 0.1) is 0 Å². The first-order chi connectivity index (χ1) is 10.1. The molecular weight excluding hydrogens is 270 g/mol. The zero-order chi connectivity index (χ0) is 15.4. The second-order valence-corrected chi connectivity index (χ2v) is 5.09. The summed E-state index contributed by atoms with van der Waals surface area (Å²) in [7, 11) is 2.96. The number of hydrogen-bond donors (Lipinski definition) is 2. The Morgan fingerprint density at radius 1 is 1.38 bits per heavy atom. The lowest BCUT2D eigenvalue weighted by Gasteiger charge is -2.37. The fourth-order valence-corrected chi connectivity index (χ4v) is 2.74. The quantitative estimate of drug-likeness (QED) is 0.645. The summed E-state index contributed by atoms with van der Waals surface area (Å²) in [5.74, 6) is -0.485. The highest BCUT2D eigenvalue weighted by Crippen LogP contribution is 2.30. The van der Waals surface area contributed by atoms with E-state index < -0.39 is 5.97 Å². The monoisotopic (exact) mass is 291 g/mol. The molecule has 6 heteroatoms. The standard InChI is InChI=1S/C15H21N3O3/c1-17-14(19)13-5-3-4-8-18(13)12-7-6-10(16)9-11(12)15(20)21-2/h6-7,9,13H,3-5,8,16H2,1-2H3,(H,17,19). The van der Waals surface area contributed by atoms with Crippen LogP contribution in [0.3, 0.4) is 0 Å². The molecule has 1 atom stereocenters. The summed E-state index contributed by atoms with van der Waals surface area (Å²) >= 11 is 0. The second kappa shape index (κ2) is 6.47. The van der Waals surface area contributed by atoms with Crippen LogP contribution < -0.4 is 16.0 Å². The van der Waals surface area contributed by atoms with Crippen LogP contribution >= 0.6 is 0 Å². The number of anilines is 2. The van der Waals surface area contributed by atoms with Gasteiger partial charge in [-0.25, -0.2) is 4.79 Å². The largest absolute Gasteiger partial charge is 0.465 e. The first-order valence-corrected chi connectivity index (χ1v) is 7.04. The van der Waals surface area contributed by atoms with E-state index >= 15 is 0 Å². The maximum absolute atomic E-state index is 12.1. The van der Waals surface area contributed by atoms with Crippen LogP contribution in [-0.4, -0.2) is 38.6 Å². The Morgan fingerprint density at radius 3 is 2.81 bits per heavy atom. The summed E-state index contributed by atoms with van der Waals surface area (Å²) in [5, 5.41) is 2.69. The van der Waals surface area contributed by atoms with Crippen LogP contribution in [0.15, 0.2) is 18.2 Å². The summed E-state index contributed by atoms with van der Waals surface area (Å²) in [6, 6.07) is 4.84. The van der Waals surface area contributed by atoms with Gasteiger partial charge in [-0.15, -0.1) is 0 Å². The average Bonchev–Trinajstić information content (AvgIpc) is 2.53. The maximum Gasteiger partial charge on any atom is 0.340 e. The van der Waals surface area contributed by atoms with Crippen LogP contribution in [-0.2, 0) is 9.53 Å². The van der Waals surface area contributed by atoms with Crippen LogP contribution in [0.1, 0.15) is 29.6 Å². The highest BCUT2D eigenvalue weighted by atomic mass is 16.5. The summed E-state index contributed by atoms with van der Waals surface area (Å²) in [6.45, 7) is 0.728. The number of rotatable bonds is 3. The third kappa shape index (κ3) is 3.09. The van der Waals surface area contributed by atoms with Gasteiger partial charge in [0, 0.05) is 19.3 Å². The van der Waals surface area contributed by atoms with Crippen molar-refractivity contribution in [1.82, 2.24) is 5.32 Å². The third-order valence-electron chi connectivity index (χ3n) is 3.79. The predicted octanol–water partition coefficient (Wildman–Crippen LogP) is 1.16. The molecule has 1 heterocycles. The molecule has 6 nitrogen and oxygen atoms in total. The number of carbonyl (C=O) groups is 2. The van der Waals surface area contributed by atoms with Gasteiger partial charge in [0.25, 0.3) is 0 Å². The van der Waals surface area contributed by atoms with Crippen LogP contribution in [0.5, 0.6) is 0 Å². The van der Waals surface area contributed by atoms with Gasteiger partial charge >= 0.3 is 5.97 Å². The minimum Gasteiger partial charge on any atom is -0.465 e. The molecule has 0 radical (unpaired) electrons. The molecule has 0 spiro atoms. The second-order valence-electron chi connectivity index (χ2n) is 5.09. The Hall–Kier alpha value is -2.24. The molecule has 0 saturated carbocycles. The molecule has 0 aliphatic carbocycles. The van der Waals surface area contributed by atoms with Crippen molar-refractivity contribution < 1.29 is 14.3 Å². The summed E-state index contributed by atoms with van der Waals surface area (Å²) < 4.78 is 4.82. The van der Waals surface area contributed by atoms with Gasteiger partial charge in [-0.3, -0.25) is 4.79 Å². The predicted molar refractivity (Wildman–Crippen MR) is 81.2 cm³/mol. The zero-order valence-electron chi connectivity index (χ0n) is 12.4. The van der Waals surface area contributed by atoms with Crippen molar-refractivity contribution in [3.63, 3.8) is 0 Å². The molecule has 21 heavy (non-hydrogen) atoms. The molecule has 0 bridgehead atoms. The first-order valence-electron chi connectivity index (χ1n) is 7.04. The molecule has 1 amide bonds. The fraction of sp³-hybridized carbons (Fsp3) is 0.467. The number of esters is 1. The summed E-state index contributed by atoms with van der Waals surface area (Å²) in [5.41, 5.74) is 7.35. The van der Waals surface area contributed by atoms with Gasteiger partial charge in [-0.05, 0) is 37.5 Å². The van der Waals surface area contributed by atoms with Gasteiger partial charge < -0.3 is 20.7 Å². The molecular formula is C15H21N3O3. The Morgan fingerprint density at radius 2 is 2.14 bits per heavy atom. The number of benzene rings is 1. The van der Waals surface area contributed by atoms with Crippen LogP contribution in [0.2, 0.25) is 0 Å². The van der Waals surface area contributed by atoms with E-state index in [9.17, 15) is 9.59 Å². The Balaban J connectivity index is 2.43. The maximum atomic E-state index is 12.1. The van der Waals surface area contributed by atoms with Gasteiger partial charge in [0.2, 0.25) is 5.91 Å². The van der Waals surface area contributed by atoms with Crippen molar-refractivity contribution in [2.75, 3.05) is 31.3 Å². The summed E-state index contributed by atoms with van der Waals surface area (Å²) in [4.78, 5) is 26.0. The van der Waals surface area contributed by atoms with E-state index in [-0.39, 0.29) is 11.9 Å². The lowest BCUT2D eigenvalue weighted by molar-refractivity contribution is -0.122. The SMILES string of the molecule is CNC(=O)C1CCCCN1c1ccc(N)cc1C(=O)OC. The van der Waals surface area contributed by atoms with E-state index in [4.69, 9.17) is 10.5 Å². The molecule has 1 unspecified atom stereocenters. The number of nitrogen functional groups attached to an aromatic ring is 1. The Labute approximate surface area is 124 Å². The lowest BCUT2D eigenvalue weighted by Crippen LogP contribution is -2.49. The Kier molecular flexibility index (Phi) is 4.67. The van der Waals surface area contributed by atoms with E-state index in [0.29, 0.717) is 16.9 Å². The molecule has 1 fully saturated rings. The molecule has 114 valence electrons. The average molecular weight is 291 g/mol. The minimum atomic E-state index is -0.446. The fourth-order valence-electron chi connectivity index (χ4n) is 2.74.